The average molecular weight is 930 g/mol. The molecule has 17 heteroatoms. The van der Waals surface area contributed by atoms with Gasteiger partial charge in [-0.15, -0.1) is 0 Å². The maximum atomic E-state index is 13.4. The number of nitrogen functional groups attached to an aromatic ring is 1. The van der Waals surface area contributed by atoms with E-state index in [0.717, 1.165) is 61.5 Å². The minimum Gasteiger partial charge on any atom is -0.457 e. The summed E-state index contributed by atoms with van der Waals surface area (Å²) in [5.41, 5.74) is 10.8. The van der Waals surface area contributed by atoms with Crippen LogP contribution in [0.1, 0.15) is 78.9 Å². The Balaban J connectivity index is 0.659. The number of benzene rings is 3. The number of aromatic nitrogens is 4. The molecule has 17 nitrogen and oxygen atoms in total. The summed E-state index contributed by atoms with van der Waals surface area (Å²) in [5.74, 6) is 13.6. The van der Waals surface area contributed by atoms with Crippen LogP contribution in [0.2, 0.25) is 0 Å². The average Bonchev–Trinajstić information content (AvgIpc) is 3.92. The quantitative estimate of drug-likeness (QED) is 0.0868. The van der Waals surface area contributed by atoms with Crippen molar-refractivity contribution in [2.24, 2.45) is 0 Å². The summed E-state index contributed by atoms with van der Waals surface area (Å²) in [6, 6.07) is 22.1. The molecule has 4 N–H and O–H groups in total. The maximum absolute atomic E-state index is 13.4. The molecule has 1 unspecified atom stereocenters. The standard InChI is InChI=1S/C52H55N11O6/c53-49-47-48(37-17-19-41(20-18-37)69-40-12-2-1-3-13-40)58-63(50(47)56-35-55-49)39-11-9-27-61(34-39)46(66)15-5-4-14-44(64)54-24-6-7-25-59-28-30-60(31-29-59)26-8-10-36-16-21-42-38(32-36)33-62(52(42)68)43-22-23-45(65)57-51(43)67/h1-3,12-13,16-21,32,35,39,43H,4-5,9,11,14-15,22-31,33-34H2,(H,54,64)(H2,53,55,56)(H,57,65,67)/t39-,43?/m1/s1. The van der Waals surface area contributed by atoms with Crippen LogP contribution in [0, 0.1) is 23.7 Å². The molecular formula is C52H55N11O6. The van der Waals surface area contributed by atoms with E-state index in [2.05, 4.69) is 54.1 Å². The van der Waals surface area contributed by atoms with Gasteiger partial charge in [0.15, 0.2) is 5.65 Å². The number of ether oxygens (including phenoxy) is 1. The molecule has 3 aromatic carbocycles. The van der Waals surface area contributed by atoms with Crippen LogP contribution in [0.4, 0.5) is 5.82 Å². The van der Waals surface area contributed by atoms with Gasteiger partial charge in [-0.3, -0.25) is 39.1 Å². The molecule has 5 amide bonds. The summed E-state index contributed by atoms with van der Waals surface area (Å²) in [5, 5.41) is 10.9. The smallest absolute Gasteiger partial charge is 0.255 e. The molecule has 0 saturated carbocycles. The highest BCUT2D eigenvalue weighted by molar-refractivity contribution is 6.05. The first kappa shape index (κ1) is 46.5. The molecule has 0 aliphatic carbocycles. The van der Waals surface area contributed by atoms with Crippen LogP contribution in [0.25, 0.3) is 22.3 Å². The highest BCUT2D eigenvalue weighted by Gasteiger charge is 2.39. The Labute approximate surface area is 400 Å². The molecule has 0 spiro atoms. The number of fused-ring (bicyclic) bond motifs is 2. The topological polar surface area (TPSA) is 201 Å². The number of para-hydroxylation sites is 1. The number of anilines is 1. The fourth-order valence-electron chi connectivity index (χ4n) is 9.33. The lowest BCUT2D eigenvalue weighted by molar-refractivity contribution is -0.137. The molecule has 354 valence electrons. The van der Waals surface area contributed by atoms with Crippen molar-refractivity contribution in [2.45, 2.75) is 70.0 Å². The van der Waals surface area contributed by atoms with Gasteiger partial charge in [-0.2, -0.15) is 5.10 Å². The van der Waals surface area contributed by atoms with Crippen LogP contribution < -0.4 is 21.1 Å². The lowest BCUT2D eigenvalue weighted by Crippen LogP contribution is -2.52. The minimum absolute atomic E-state index is 0.0667. The minimum atomic E-state index is -0.637. The van der Waals surface area contributed by atoms with Gasteiger partial charge in [0.05, 0.1) is 31.1 Å². The predicted molar refractivity (Wildman–Crippen MR) is 258 cm³/mol. The van der Waals surface area contributed by atoms with E-state index in [1.54, 1.807) is 11.0 Å². The Kier molecular flexibility index (Phi) is 14.5. The third-order valence-corrected chi connectivity index (χ3v) is 13.1. The summed E-state index contributed by atoms with van der Waals surface area (Å²) in [6.07, 6.45) is 5.59. The molecule has 9 rings (SSSR count). The van der Waals surface area contributed by atoms with Crippen molar-refractivity contribution in [2.75, 3.05) is 64.6 Å². The molecule has 3 fully saturated rings. The fourth-order valence-corrected chi connectivity index (χ4v) is 9.33. The normalized spacial score (nSPS) is 18.5. The number of hydrogen-bond acceptors (Lipinski definition) is 12. The first-order chi connectivity index (χ1) is 33.7. The molecular weight excluding hydrogens is 875 g/mol. The number of likely N-dealkylation sites (tertiary alicyclic amines) is 1. The first-order valence-corrected chi connectivity index (χ1v) is 23.7. The molecule has 3 saturated heterocycles. The van der Waals surface area contributed by atoms with Crippen molar-refractivity contribution < 1.29 is 28.7 Å². The fraction of sp³-hybridized carbons (Fsp3) is 0.385. The summed E-state index contributed by atoms with van der Waals surface area (Å²) < 4.78 is 7.88. The van der Waals surface area contributed by atoms with Gasteiger partial charge in [0.2, 0.25) is 23.6 Å². The predicted octanol–water partition coefficient (Wildman–Crippen LogP) is 4.14. The molecule has 4 aliphatic heterocycles. The van der Waals surface area contributed by atoms with Gasteiger partial charge in [0, 0.05) is 81.8 Å². The van der Waals surface area contributed by atoms with Crippen LogP contribution >= 0.6 is 0 Å². The Morgan fingerprint density at radius 1 is 0.841 bits per heavy atom. The Morgan fingerprint density at radius 2 is 1.59 bits per heavy atom. The zero-order valence-corrected chi connectivity index (χ0v) is 38.5. The highest BCUT2D eigenvalue weighted by atomic mass is 16.5. The van der Waals surface area contributed by atoms with E-state index in [4.69, 9.17) is 15.6 Å². The van der Waals surface area contributed by atoms with E-state index in [1.807, 2.05) is 76.3 Å². The van der Waals surface area contributed by atoms with Gasteiger partial charge in [0.1, 0.15) is 35.4 Å². The number of nitrogens with one attached hydrogen (secondary N) is 2. The van der Waals surface area contributed by atoms with Gasteiger partial charge in [-0.1, -0.05) is 41.9 Å². The molecule has 6 heterocycles. The van der Waals surface area contributed by atoms with Crippen LogP contribution in [-0.4, -0.2) is 134 Å². The van der Waals surface area contributed by atoms with Gasteiger partial charge in [0.25, 0.3) is 5.91 Å². The number of unbranched alkanes of at least 4 members (excludes halogenated alkanes) is 1. The monoisotopic (exact) mass is 929 g/mol. The second kappa shape index (κ2) is 21.6. The molecule has 2 aromatic heterocycles. The van der Waals surface area contributed by atoms with Crippen molar-refractivity contribution in [3.05, 3.63) is 95.8 Å². The summed E-state index contributed by atoms with van der Waals surface area (Å²) in [6.45, 7) is 6.49. The lowest BCUT2D eigenvalue weighted by atomic mass is 10.0. The summed E-state index contributed by atoms with van der Waals surface area (Å²) in [4.78, 5) is 79.8. The zero-order chi connectivity index (χ0) is 47.7. The van der Waals surface area contributed by atoms with E-state index in [-0.39, 0.29) is 42.6 Å². The molecule has 5 aromatic rings. The summed E-state index contributed by atoms with van der Waals surface area (Å²) in [7, 11) is 0. The van der Waals surface area contributed by atoms with Gasteiger partial charge >= 0.3 is 0 Å². The molecule has 4 aliphatic rings. The van der Waals surface area contributed by atoms with Crippen molar-refractivity contribution >= 4 is 46.4 Å². The second-order valence-electron chi connectivity index (χ2n) is 17.8. The van der Waals surface area contributed by atoms with Gasteiger partial charge in [-0.25, -0.2) is 14.6 Å². The number of piperazine rings is 1. The summed E-state index contributed by atoms with van der Waals surface area (Å²) >= 11 is 0. The third-order valence-electron chi connectivity index (χ3n) is 13.1. The number of rotatable bonds is 13. The Bertz CT molecular complexity index is 2850. The number of piperidine rings is 2. The Morgan fingerprint density at radius 3 is 2.38 bits per heavy atom. The van der Waals surface area contributed by atoms with Crippen molar-refractivity contribution in [1.82, 2.24) is 50.0 Å². The zero-order valence-electron chi connectivity index (χ0n) is 38.5. The number of nitrogens with zero attached hydrogens (tertiary/aromatic N) is 8. The number of carbonyl (C=O) groups is 5. The number of imide groups is 1. The van der Waals surface area contributed by atoms with Gasteiger partial charge < -0.3 is 25.6 Å². The number of hydrogen-bond donors (Lipinski definition) is 3. The highest BCUT2D eigenvalue weighted by Crippen LogP contribution is 2.35. The molecule has 2 atom stereocenters. The van der Waals surface area contributed by atoms with Gasteiger partial charge in [-0.05, 0) is 92.3 Å². The van der Waals surface area contributed by atoms with Crippen LogP contribution in [0.5, 0.6) is 11.5 Å². The largest absolute Gasteiger partial charge is 0.457 e. The maximum Gasteiger partial charge on any atom is 0.255 e. The van der Waals surface area contributed by atoms with Crippen molar-refractivity contribution in [3.8, 4) is 46.4 Å². The van der Waals surface area contributed by atoms with E-state index in [9.17, 15) is 24.0 Å². The van der Waals surface area contributed by atoms with E-state index in [1.165, 1.54) is 6.33 Å². The Hall–Kier alpha value is -7.60. The van der Waals surface area contributed by atoms with Crippen LogP contribution in [-0.2, 0) is 25.7 Å². The number of carbonyl (C=O) groups excluding carboxylic acids is 5. The molecule has 0 radical (unpaired) electrons. The van der Waals surface area contributed by atoms with E-state index < -0.39 is 11.9 Å². The second-order valence-corrected chi connectivity index (χ2v) is 17.8. The third kappa shape index (κ3) is 11.2. The van der Waals surface area contributed by atoms with E-state index >= 15 is 0 Å². The van der Waals surface area contributed by atoms with Crippen LogP contribution in [0.15, 0.2) is 79.1 Å². The molecule has 69 heavy (non-hydrogen) atoms. The van der Waals surface area contributed by atoms with Crippen LogP contribution in [0.3, 0.4) is 0 Å². The van der Waals surface area contributed by atoms with Crippen molar-refractivity contribution in [1.29, 1.82) is 0 Å². The molecule has 0 bridgehead atoms. The van der Waals surface area contributed by atoms with E-state index in [0.29, 0.717) is 98.7 Å². The van der Waals surface area contributed by atoms with Crippen molar-refractivity contribution in [3.63, 3.8) is 0 Å². The first-order valence-electron chi connectivity index (χ1n) is 23.7. The SMILES string of the molecule is Nc1ncnc2c1c(-c1ccc(Oc3ccccc3)cc1)nn2[C@@H]1CCCN(C(=O)CCCCC(=O)NCC#CCN2CCN(CC#Cc3ccc4c(c3)CN(C3CCC(=O)NC3=O)C4=O)CC2)C1. The number of nitrogens with two attached hydrogens (primary N) is 1. The lowest BCUT2D eigenvalue weighted by Gasteiger charge is -2.33. The number of amides is 5.